The highest BCUT2D eigenvalue weighted by Crippen LogP contribution is 2.12. The molecule has 0 aromatic heterocycles. The fraction of sp³-hybridized carbons (Fsp3) is 0.200. The normalized spacial score (nSPS) is 9.23. The van der Waals surface area contributed by atoms with Crippen LogP contribution in [0.5, 0.6) is 5.75 Å². The van der Waals surface area contributed by atoms with Crippen molar-refractivity contribution in [3.05, 3.63) is 41.3 Å². The van der Waals surface area contributed by atoms with E-state index in [2.05, 4.69) is 11.8 Å². The average Bonchev–Trinajstić information content (AvgIpc) is 2.19. The van der Waals surface area contributed by atoms with Gasteiger partial charge in [-0.25, -0.2) is 0 Å². The zero-order valence-corrected chi connectivity index (χ0v) is 7.27. The SMILES string of the molecule is C=Cc1ccc(OCCN=O)cc1. The molecule has 68 valence electrons. The van der Waals surface area contributed by atoms with Crippen molar-refractivity contribution in [2.45, 2.75) is 0 Å². The number of hydrogen-bond donors (Lipinski definition) is 0. The molecule has 13 heavy (non-hydrogen) atoms. The van der Waals surface area contributed by atoms with Crippen molar-refractivity contribution in [1.29, 1.82) is 0 Å². The van der Waals surface area contributed by atoms with E-state index in [9.17, 15) is 4.91 Å². The average molecular weight is 177 g/mol. The lowest BCUT2D eigenvalue weighted by Gasteiger charge is -2.02. The third kappa shape index (κ3) is 3.07. The van der Waals surface area contributed by atoms with E-state index in [1.807, 2.05) is 24.3 Å². The smallest absolute Gasteiger partial charge is 0.119 e. The molecule has 1 aromatic rings. The van der Waals surface area contributed by atoms with E-state index in [1.165, 1.54) is 0 Å². The van der Waals surface area contributed by atoms with Crippen LogP contribution in [0.25, 0.3) is 6.08 Å². The molecule has 3 nitrogen and oxygen atoms in total. The lowest BCUT2D eigenvalue weighted by Crippen LogP contribution is -1.99. The van der Waals surface area contributed by atoms with Crippen LogP contribution < -0.4 is 4.74 Å². The van der Waals surface area contributed by atoms with Gasteiger partial charge in [-0.2, -0.15) is 4.91 Å². The Morgan fingerprint density at radius 2 is 2.08 bits per heavy atom. The Morgan fingerprint density at radius 1 is 1.38 bits per heavy atom. The van der Waals surface area contributed by atoms with Gasteiger partial charge in [-0.15, -0.1) is 0 Å². The lowest BCUT2D eigenvalue weighted by atomic mass is 10.2. The largest absolute Gasteiger partial charge is 0.492 e. The van der Waals surface area contributed by atoms with Gasteiger partial charge >= 0.3 is 0 Å². The fourth-order valence-corrected chi connectivity index (χ4v) is 0.901. The second kappa shape index (κ2) is 5.09. The van der Waals surface area contributed by atoms with Gasteiger partial charge in [-0.05, 0) is 17.7 Å². The number of nitrogens with zero attached hydrogens (tertiary/aromatic N) is 1. The van der Waals surface area contributed by atoms with Crippen molar-refractivity contribution >= 4 is 6.08 Å². The number of nitroso groups, excluding NO2 is 1. The summed E-state index contributed by atoms with van der Waals surface area (Å²) in [6, 6.07) is 7.47. The number of benzene rings is 1. The first kappa shape index (κ1) is 9.45. The molecule has 0 saturated carbocycles. The predicted octanol–water partition coefficient (Wildman–Crippen LogP) is 2.47. The third-order valence-electron chi connectivity index (χ3n) is 1.57. The molecule has 3 heteroatoms. The van der Waals surface area contributed by atoms with Gasteiger partial charge in [0.2, 0.25) is 0 Å². The minimum atomic E-state index is 0.184. The molecule has 0 N–H and O–H groups in total. The van der Waals surface area contributed by atoms with Gasteiger partial charge in [-0.1, -0.05) is 30.0 Å². The van der Waals surface area contributed by atoms with Crippen LogP contribution in [-0.2, 0) is 0 Å². The van der Waals surface area contributed by atoms with E-state index in [-0.39, 0.29) is 6.54 Å². The van der Waals surface area contributed by atoms with Crippen LogP contribution in [0.2, 0.25) is 0 Å². The summed E-state index contributed by atoms with van der Waals surface area (Å²) in [5.74, 6) is 0.745. The van der Waals surface area contributed by atoms with Crippen LogP contribution in [-0.4, -0.2) is 13.2 Å². The van der Waals surface area contributed by atoms with Crippen molar-refractivity contribution in [2.24, 2.45) is 5.18 Å². The summed E-state index contributed by atoms with van der Waals surface area (Å²) in [6.07, 6.45) is 1.76. The monoisotopic (exact) mass is 177 g/mol. The quantitative estimate of drug-likeness (QED) is 0.512. The van der Waals surface area contributed by atoms with Crippen molar-refractivity contribution in [1.82, 2.24) is 0 Å². The summed E-state index contributed by atoms with van der Waals surface area (Å²) in [7, 11) is 0. The Kier molecular flexibility index (Phi) is 3.70. The van der Waals surface area contributed by atoms with Gasteiger partial charge in [0.05, 0.1) is 0 Å². The van der Waals surface area contributed by atoms with Gasteiger partial charge in [0.15, 0.2) is 0 Å². The number of hydrogen-bond acceptors (Lipinski definition) is 3. The summed E-state index contributed by atoms with van der Waals surface area (Å²) < 4.78 is 5.22. The van der Waals surface area contributed by atoms with E-state index in [4.69, 9.17) is 4.74 Å². The summed E-state index contributed by atoms with van der Waals surface area (Å²) in [4.78, 5) is 9.75. The van der Waals surface area contributed by atoms with Crippen molar-refractivity contribution in [3.8, 4) is 5.75 Å². The van der Waals surface area contributed by atoms with Crippen LogP contribution in [0.15, 0.2) is 36.0 Å². The van der Waals surface area contributed by atoms with Crippen molar-refractivity contribution in [2.75, 3.05) is 13.2 Å². The van der Waals surface area contributed by atoms with Crippen LogP contribution in [0.1, 0.15) is 5.56 Å². The molecule has 0 radical (unpaired) electrons. The molecule has 0 aliphatic heterocycles. The Labute approximate surface area is 77.0 Å². The molecule has 1 aromatic carbocycles. The second-order valence-electron chi connectivity index (χ2n) is 2.47. The summed E-state index contributed by atoms with van der Waals surface area (Å²) >= 11 is 0. The number of ether oxygens (including phenoxy) is 1. The highest BCUT2D eigenvalue weighted by molar-refractivity contribution is 5.48. The van der Waals surface area contributed by atoms with E-state index < -0.39 is 0 Å². The molecule has 0 saturated heterocycles. The van der Waals surface area contributed by atoms with E-state index >= 15 is 0 Å². The van der Waals surface area contributed by atoms with Gasteiger partial charge in [0.25, 0.3) is 0 Å². The molecule has 1 rings (SSSR count). The molecule has 0 aliphatic carbocycles. The molecule has 0 heterocycles. The summed E-state index contributed by atoms with van der Waals surface area (Å²) in [6.45, 7) is 4.15. The molecule has 0 aliphatic rings. The van der Waals surface area contributed by atoms with E-state index in [0.29, 0.717) is 6.61 Å². The first-order valence-corrected chi connectivity index (χ1v) is 4.01. The molecule has 0 fully saturated rings. The summed E-state index contributed by atoms with van der Waals surface area (Å²) in [5.41, 5.74) is 1.04. The Bertz CT molecular complexity index is 279. The highest BCUT2D eigenvalue weighted by Gasteiger charge is 1.92. The first-order chi connectivity index (χ1) is 6.36. The predicted molar refractivity (Wildman–Crippen MR) is 52.7 cm³/mol. The zero-order valence-electron chi connectivity index (χ0n) is 7.27. The fourth-order valence-electron chi connectivity index (χ4n) is 0.901. The lowest BCUT2D eigenvalue weighted by molar-refractivity contribution is 0.328. The number of rotatable bonds is 5. The van der Waals surface area contributed by atoms with Gasteiger partial charge in [-0.3, -0.25) is 0 Å². The Hall–Kier alpha value is -1.64. The first-order valence-electron chi connectivity index (χ1n) is 4.01. The minimum Gasteiger partial charge on any atom is -0.492 e. The van der Waals surface area contributed by atoms with Gasteiger partial charge in [0.1, 0.15) is 18.9 Å². The molecular formula is C10H11NO2. The highest BCUT2D eigenvalue weighted by atomic mass is 16.5. The standard InChI is InChI=1S/C10H11NO2/c1-2-9-3-5-10(6-4-9)13-8-7-11-12/h2-6H,1,7-8H2. The molecular weight excluding hydrogens is 166 g/mol. The molecule has 0 atom stereocenters. The van der Waals surface area contributed by atoms with Crippen LogP contribution in [0.4, 0.5) is 0 Å². The van der Waals surface area contributed by atoms with Crippen LogP contribution >= 0.6 is 0 Å². The topological polar surface area (TPSA) is 38.7 Å². The maximum atomic E-state index is 9.75. The molecule has 0 bridgehead atoms. The van der Waals surface area contributed by atoms with Gasteiger partial charge < -0.3 is 4.74 Å². The van der Waals surface area contributed by atoms with E-state index in [0.717, 1.165) is 11.3 Å². The van der Waals surface area contributed by atoms with Crippen LogP contribution in [0, 0.1) is 4.91 Å². The maximum absolute atomic E-state index is 9.75. The van der Waals surface area contributed by atoms with Gasteiger partial charge in [0, 0.05) is 0 Å². The Morgan fingerprint density at radius 3 is 2.62 bits per heavy atom. The zero-order chi connectivity index (χ0) is 9.52. The maximum Gasteiger partial charge on any atom is 0.119 e. The van der Waals surface area contributed by atoms with Crippen molar-refractivity contribution in [3.63, 3.8) is 0 Å². The minimum absolute atomic E-state index is 0.184. The van der Waals surface area contributed by atoms with E-state index in [1.54, 1.807) is 6.08 Å². The Balaban J connectivity index is 2.48. The molecule has 0 unspecified atom stereocenters. The molecule has 0 amide bonds. The van der Waals surface area contributed by atoms with Crippen molar-refractivity contribution < 1.29 is 4.74 Å². The second-order valence-corrected chi connectivity index (χ2v) is 2.47. The third-order valence-corrected chi connectivity index (χ3v) is 1.57. The summed E-state index contributed by atoms with van der Waals surface area (Å²) in [5, 5.41) is 2.69. The van der Waals surface area contributed by atoms with Crippen LogP contribution in [0.3, 0.4) is 0 Å². The molecule has 0 spiro atoms.